The van der Waals surface area contributed by atoms with Crippen molar-refractivity contribution in [3.8, 4) is 33.9 Å². The van der Waals surface area contributed by atoms with Crippen molar-refractivity contribution in [3.63, 3.8) is 0 Å². The number of nitrogens with zero attached hydrogens (tertiary/aromatic N) is 2. The summed E-state index contributed by atoms with van der Waals surface area (Å²) in [4.78, 5) is 15.5. The van der Waals surface area contributed by atoms with Gasteiger partial charge in [-0.3, -0.25) is 0 Å². The standard InChI is InChI=1S/C29H29N3O3S.C8H8O3/c1-29(2,17-21-11-13-24(14-12-21)35-28-22(18-30)7-5-15-31-28)32-19-23(33)20-34-26-9-4-3-8-25(26)27-10-6-16-36-27;9-7(8(10)11)6-4-2-1-3-5-6/h3-16,23,32-33H,17,19-20H2,1-2H3;1-5,7,9H,(H,10,11)/t23-;7-/m01/s1. The summed E-state index contributed by atoms with van der Waals surface area (Å²) < 4.78 is 11.7. The Balaban J connectivity index is 0.000000385. The van der Waals surface area contributed by atoms with Crippen molar-refractivity contribution in [2.75, 3.05) is 13.2 Å². The molecule has 9 nitrogen and oxygen atoms in total. The van der Waals surface area contributed by atoms with Crippen LogP contribution in [0.4, 0.5) is 0 Å². The van der Waals surface area contributed by atoms with E-state index in [4.69, 9.17) is 19.7 Å². The molecule has 2 aromatic heterocycles. The van der Waals surface area contributed by atoms with E-state index in [0.29, 0.717) is 29.3 Å². The number of β-amino-alcohol motifs (C(OH)–C–C–N with tert-alkyl or cyclic N) is 1. The van der Waals surface area contributed by atoms with Gasteiger partial charge in [-0.05, 0) is 79.2 Å². The van der Waals surface area contributed by atoms with E-state index < -0.39 is 18.2 Å². The van der Waals surface area contributed by atoms with Crippen LogP contribution in [-0.4, -0.2) is 51.1 Å². The van der Waals surface area contributed by atoms with Crippen LogP contribution in [0.15, 0.2) is 115 Å². The van der Waals surface area contributed by atoms with Gasteiger partial charge in [-0.15, -0.1) is 11.3 Å². The summed E-state index contributed by atoms with van der Waals surface area (Å²) in [6, 6.07) is 33.4. The van der Waals surface area contributed by atoms with E-state index in [2.05, 4.69) is 36.3 Å². The molecular formula is C37H37N3O6S. The van der Waals surface area contributed by atoms with Crippen molar-refractivity contribution in [2.45, 2.75) is 38.0 Å². The summed E-state index contributed by atoms with van der Waals surface area (Å²) in [7, 11) is 0. The summed E-state index contributed by atoms with van der Waals surface area (Å²) >= 11 is 1.66. The molecule has 47 heavy (non-hydrogen) atoms. The Hall–Kier alpha value is -5.05. The van der Waals surface area contributed by atoms with Gasteiger partial charge >= 0.3 is 5.97 Å². The van der Waals surface area contributed by atoms with Gasteiger partial charge < -0.3 is 30.1 Å². The quantitative estimate of drug-likeness (QED) is 0.110. The zero-order chi connectivity index (χ0) is 33.6. The number of carboxylic acids is 1. The molecule has 0 fully saturated rings. The molecule has 0 saturated heterocycles. The third-order valence-corrected chi connectivity index (χ3v) is 7.85. The number of aliphatic hydroxyl groups excluding tert-OH is 2. The molecule has 4 N–H and O–H groups in total. The van der Waals surface area contributed by atoms with Crippen molar-refractivity contribution < 1.29 is 29.6 Å². The molecule has 5 rings (SSSR count). The largest absolute Gasteiger partial charge is 0.490 e. The van der Waals surface area contributed by atoms with Crippen LogP contribution < -0.4 is 14.8 Å². The lowest BCUT2D eigenvalue weighted by Crippen LogP contribution is -2.46. The molecule has 0 bridgehead atoms. The lowest BCUT2D eigenvalue weighted by Gasteiger charge is -2.28. The first kappa shape index (κ1) is 34.8. The van der Waals surface area contributed by atoms with Crippen LogP contribution in [0.2, 0.25) is 0 Å². The van der Waals surface area contributed by atoms with E-state index in [1.165, 1.54) is 0 Å². The smallest absolute Gasteiger partial charge is 0.337 e. The maximum atomic E-state index is 10.6. The fourth-order valence-electron chi connectivity index (χ4n) is 4.56. The SMILES string of the molecule is CC(C)(Cc1ccc(Oc2ncccc2C#N)cc1)NC[C@H](O)COc1ccccc1-c1cccs1.O=C(O)[C@H](O)c1ccccc1. The van der Waals surface area contributed by atoms with E-state index in [1.807, 2.05) is 60.0 Å². The van der Waals surface area contributed by atoms with Gasteiger partial charge in [-0.25, -0.2) is 9.78 Å². The zero-order valence-corrected chi connectivity index (χ0v) is 26.9. The minimum Gasteiger partial charge on any atom is -0.490 e. The van der Waals surface area contributed by atoms with Crippen LogP contribution in [-0.2, 0) is 11.2 Å². The second-order valence-electron chi connectivity index (χ2n) is 11.2. The molecule has 0 amide bonds. The number of nitrogens with one attached hydrogen (secondary N) is 1. The molecule has 5 aromatic rings. The number of carboxylic acid groups (broad SMARTS) is 1. The minimum absolute atomic E-state index is 0.204. The Kier molecular flexibility index (Phi) is 12.6. The summed E-state index contributed by atoms with van der Waals surface area (Å²) in [5.74, 6) is 0.462. The fraction of sp³-hybridized carbons (Fsp3) is 0.216. The van der Waals surface area contributed by atoms with Crippen LogP contribution >= 0.6 is 11.3 Å². The highest BCUT2D eigenvalue weighted by Gasteiger charge is 2.20. The minimum atomic E-state index is -1.41. The zero-order valence-electron chi connectivity index (χ0n) is 26.1. The molecule has 0 spiro atoms. The average Bonchev–Trinajstić information content (AvgIpc) is 3.63. The number of pyridine rings is 1. The number of nitriles is 1. The summed E-state index contributed by atoms with van der Waals surface area (Å²) in [5.41, 5.74) is 2.71. The van der Waals surface area contributed by atoms with Gasteiger partial charge in [0.2, 0.25) is 5.88 Å². The van der Waals surface area contributed by atoms with Crippen LogP contribution in [0.25, 0.3) is 10.4 Å². The fourth-order valence-corrected chi connectivity index (χ4v) is 5.32. The Morgan fingerprint density at radius 1 is 0.957 bits per heavy atom. The summed E-state index contributed by atoms with van der Waals surface area (Å²) in [5, 5.41) is 42.6. The number of rotatable bonds is 13. The van der Waals surface area contributed by atoms with Crippen LogP contribution in [0, 0.1) is 11.3 Å². The number of thiophene rings is 1. The predicted octanol–water partition coefficient (Wildman–Crippen LogP) is 6.63. The van der Waals surface area contributed by atoms with Gasteiger partial charge in [0.25, 0.3) is 0 Å². The van der Waals surface area contributed by atoms with Gasteiger partial charge in [0.05, 0.1) is 0 Å². The maximum Gasteiger partial charge on any atom is 0.337 e. The molecule has 0 radical (unpaired) electrons. The highest BCUT2D eigenvalue weighted by Crippen LogP contribution is 2.33. The molecule has 10 heteroatoms. The number of aliphatic carboxylic acids is 1. The molecule has 2 heterocycles. The molecule has 0 aliphatic heterocycles. The molecule has 2 atom stereocenters. The molecule has 0 unspecified atom stereocenters. The van der Waals surface area contributed by atoms with Crippen molar-refractivity contribution in [1.82, 2.24) is 10.3 Å². The van der Waals surface area contributed by atoms with Gasteiger partial charge in [0.1, 0.15) is 35.8 Å². The molecule has 0 aliphatic rings. The number of aliphatic hydroxyl groups is 2. The van der Waals surface area contributed by atoms with E-state index in [9.17, 15) is 15.2 Å². The Labute approximate surface area is 278 Å². The topological polar surface area (TPSA) is 145 Å². The highest BCUT2D eigenvalue weighted by atomic mass is 32.1. The average molecular weight is 652 g/mol. The van der Waals surface area contributed by atoms with Gasteiger partial charge in [-0.2, -0.15) is 5.26 Å². The third-order valence-electron chi connectivity index (χ3n) is 6.95. The highest BCUT2D eigenvalue weighted by molar-refractivity contribution is 7.13. The van der Waals surface area contributed by atoms with Crippen molar-refractivity contribution in [3.05, 3.63) is 131 Å². The van der Waals surface area contributed by atoms with Crippen molar-refractivity contribution >= 4 is 17.3 Å². The molecule has 242 valence electrons. The molecule has 0 aliphatic carbocycles. The summed E-state index contributed by atoms with van der Waals surface area (Å²) in [6.07, 6.45) is 0.302. The number of hydrogen-bond donors (Lipinski definition) is 4. The number of hydrogen-bond acceptors (Lipinski definition) is 9. The molecule has 0 saturated carbocycles. The van der Waals surface area contributed by atoms with E-state index in [0.717, 1.165) is 28.2 Å². The normalized spacial score (nSPS) is 12.1. The maximum absolute atomic E-state index is 10.6. The van der Waals surface area contributed by atoms with Crippen LogP contribution in [0.3, 0.4) is 0 Å². The first-order valence-corrected chi connectivity index (χ1v) is 15.8. The second-order valence-corrected chi connectivity index (χ2v) is 12.2. The predicted molar refractivity (Wildman–Crippen MR) is 182 cm³/mol. The number of para-hydroxylation sites is 1. The number of benzene rings is 3. The number of ether oxygens (including phenoxy) is 2. The van der Waals surface area contributed by atoms with E-state index >= 15 is 0 Å². The first-order valence-electron chi connectivity index (χ1n) is 14.9. The Bertz CT molecular complexity index is 1740. The first-order chi connectivity index (χ1) is 22.6. The third kappa shape index (κ3) is 10.8. The van der Waals surface area contributed by atoms with Crippen molar-refractivity contribution in [1.29, 1.82) is 5.26 Å². The van der Waals surface area contributed by atoms with Crippen molar-refractivity contribution in [2.24, 2.45) is 0 Å². The lowest BCUT2D eigenvalue weighted by molar-refractivity contribution is -0.146. The second kappa shape index (κ2) is 17.0. The Morgan fingerprint density at radius 2 is 1.68 bits per heavy atom. The van der Waals surface area contributed by atoms with Gasteiger partial charge in [-0.1, -0.05) is 60.7 Å². The van der Waals surface area contributed by atoms with Gasteiger partial charge in [0.15, 0.2) is 6.10 Å². The lowest BCUT2D eigenvalue weighted by atomic mass is 9.94. The number of aromatic nitrogens is 1. The Morgan fingerprint density at radius 3 is 2.36 bits per heavy atom. The van der Waals surface area contributed by atoms with Crippen LogP contribution in [0.5, 0.6) is 17.4 Å². The van der Waals surface area contributed by atoms with E-state index in [-0.39, 0.29) is 12.1 Å². The molecule has 3 aromatic carbocycles. The summed E-state index contributed by atoms with van der Waals surface area (Å²) in [6.45, 7) is 4.82. The van der Waals surface area contributed by atoms with Crippen LogP contribution in [0.1, 0.15) is 36.6 Å². The van der Waals surface area contributed by atoms with Gasteiger partial charge in [0, 0.05) is 28.7 Å². The number of carbonyl (C=O) groups is 1. The molecular weight excluding hydrogens is 614 g/mol. The monoisotopic (exact) mass is 651 g/mol. The van der Waals surface area contributed by atoms with E-state index in [1.54, 1.807) is 60.0 Å².